The summed E-state index contributed by atoms with van der Waals surface area (Å²) in [4.78, 5) is 8.12. The Balaban J connectivity index is -0.0000000200. The molecule has 0 saturated carbocycles. The van der Waals surface area contributed by atoms with E-state index >= 15 is 0 Å². The van der Waals surface area contributed by atoms with E-state index in [9.17, 15) is 0 Å². The van der Waals surface area contributed by atoms with Crippen LogP contribution in [-0.2, 0) is 0 Å². The van der Waals surface area contributed by atoms with Crippen LogP contribution in [0.15, 0.2) is 0 Å². The Bertz CT molecular complexity index is 17.1. The predicted octanol–water partition coefficient (Wildman–Crippen LogP) is -5.05. The molecule has 0 aliphatic carbocycles. The third-order valence-corrected chi connectivity index (χ3v) is 0. The van der Waals surface area contributed by atoms with Gasteiger partial charge in [-0.25, -0.2) is 0 Å². The maximum Gasteiger partial charge on any atom is 0.00366 e. The van der Waals surface area contributed by atoms with Gasteiger partial charge in [0.25, 0.3) is 0 Å². The maximum atomic E-state index is 8.12. The van der Waals surface area contributed by atoms with Gasteiger partial charge in [0.1, 0.15) is 0 Å². The van der Waals surface area contributed by atoms with Gasteiger partial charge in [-0.05, 0) is 0 Å². The van der Waals surface area contributed by atoms with Crippen molar-refractivity contribution in [2.75, 3.05) is 0 Å². The van der Waals surface area contributed by atoms with Crippen molar-refractivity contribution < 1.29 is 17.7 Å². The summed E-state index contributed by atoms with van der Waals surface area (Å²) in [5.41, 5.74) is 0. The molecule has 0 unspecified atom stereocenters. The minimum atomic E-state index is 0. The summed E-state index contributed by atoms with van der Waals surface area (Å²) in [6, 6.07) is 0. The van der Waals surface area contributed by atoms with Gasteiger partial charge < -0.3 is 12.4 Å². The molecular formula is HClNNaO2-. The number of rotatable bonds is 0. The zero-order chi connectivity index (χ0) is 2.71. The van der Waals surface area contributed by atoms with Crippen LogP contribution in [-0.4, -0.2) is 29.6 Å². The van der Waals surface area contributed by atoms with Crippen LogP contribution >= 0.6 is 0 Å². The Morgan fingerprint density at radius 3 is 1.60 bits per heavy atom. The summed E-state index contributed by atoms with van der Waals surface area (Å²) in [5.74, 6) is 0. The van der Waals surface area contributed by atoms with Crippen LogP contribution in [0.3, 0.4) is 0 Å². The standard InChI is InChI=1S/ClH.HNO2.Na/c;2-1-3;/h1H;1H;/p-1. The molecule has 0 spiro atoms. The molecule has 0 aromatic rings. The third-order valence-electron chi connectivity index (χ3n) is 0. The van der Waals surface area contributed by atoms with E-state index in [1.165, 1.54) is 0 Å². The zero-order valence-electron chi connectivity index (χ0n) is 2.69. The van der Waals surface area contributed by atoms with E-state index in [1.54, 1.807) is 0 Å². The fourth-order valence-corrected chi connectivity index (χ4v) is 0. The summed E-state index contributed by atoms with van der Waals surface area (Å²) >= 11 is 0. The molecule has 0 bridgehead atoms. The molecule has 0 saturated heterocycles. The normalized spacial score (nSPS) is 2.40. The molecule has 0 aliphatic heterocycles. The molecule has 1 N–H and O–H groups in total. The molecule has 27 valence electrons. The molecule has 0 aromatic carbocycles. The Kier molecular flexibility index (Phi) is 77.3. The second-order valence-corrected chi connectivity index (χ2v) is 0.0833. The minimum Gasteiger partial charge on any atom is -1.00 e. The van der Waals surface area contributed by atoms with Crippen molar-refractivity contribution in [2.45, 2.75) is 0 Å². The Morgan fingerprint density at radius 2 is 1.60 bits per heavy atom. The largest absolute Gasteiger partial charge is 1.00 e. The fraction of sp³-hybridized carbons (Fsp3) is 0. The van der Waals surface area contributed by atoms with Gasteiger partial charge in [-0.3, -0.25) is 10.1 Å². The van der Waals surface area contributed by atoms with Crippen LogP contribution in [0.5, 0.6) is 0 Å². The van der Waals surface area contributed by atoms with Gasteiger partial charge in [-0.2, -0.15) is 0 Å². The van der Waals surface area contributed by atoms with Gasteiger partial charge in [0.15, 0.2) is 0 Å². The molecule has 1 radical (unpaired) electrons. The van der Waals surface area contributed by atoms with E-state index in [-0.39, 0.29) is 47.3 Å². The summed E-state index contributed by atoms with van der Waals surface area (Å²) in [6.45, 7) is 0. The second-order valence-electron chi connectivity index (χ2n) is 0.0833. The van der Waals surface area contributed by atoms with Crippen LogP contribution in [0.25, 0.3) is 0 Å². The predicted molar refractivity (Wildman–Crippen MR) is 13.5 cm³/mol. The van der Waals surface area contributed by atoms with E-state index in [2.05, 4.69) is 0 Å². The second kappa shape index (κ2) is 22.4. The summed E-state index contributed by atoms with van der Waals surface area (Å²) in [5, 5.41) is 8.38. The molecular weight excluding hydrogens is 104 g/mol. The third kappa shape index (κ3) is 71.3. The maximum absolute atomic E-state index is 8.12. The first kappa shape index (κ1) is 17.3. The molecule has 0 rings (SSSR count). The summed E-state index contributed by atoms with van der Waals surface area (Å²) in [7, 11) is 0. The first-order valence-electron chi connectivity index (χ1n) is 0.408. The minimum absolute atomic E-state index is 0. The SMILES string of the molecule is O=[NH+][O-].[Cl-].[Na]. The van der Waals surface area contributed by atoms with Crippen LogP contribution in [0.4, 0.5) is 0 Å². The molecule has 0 aromatic heterocycles. The quantitative estimate of drug-likeness (QED) is 0.190. The Hall–Kier alpha value is 0.690. The van der Waals surface area contributed by atoms with Crippen molar-refractivity contribution in [3.8, 4) is 0 Å². The average molecular weight is 105 g/mol. The van der Waals surface area contributed by atoms with Crippen molar-refractivity contribution in [2.24, 2.45) is 0 Å². The van der Waals surface area contributed by atoms with E-state index in [0.29, 0.717) is 0 Å². The molecule has 0 heterocycles. The first-order chi connectivity index (χ1) is 1.41. The van der Waals surface area contributed by atoms with Crippen molar-refractivity contribution in [1.29, 1.82) is 0 Å². The zero-order valence-corrected chi connectivity index (χ0v) is 5.45. The van der Waals surface area contributed by atoms with Gasteiger partial charge in [-0.1, -0.05) is 0 Å². The molecule has 3 nitrogen and oxygen atoms in total. The van der Waals surface area contributed by atoms with Crippen molar-refractivity contribution >= 4 is 29.6 Å². The van der Waals surface area contributed by atoms with E-state index in [1.807, 2.05) is 0 Å². The number of hydrogen-bond acceptors (Lipinski definition) is 2. The van der Waals surface area contributed by atoms with Gasteiger partial charge in [0, 0.05) is 34.9 Å². The van der Waals surface area contributed by atoms with Gasteiger partial charge in [-0.15, -0.1) is 0 Å². The molecule has 0 aliphatic rings. The average Bonchev–Trinajstić information content (AvgIpc) is 0.918. The topological polar surface area (TPSA) is 54.1 Å². The van der Waals surface area contributed by atoms with Crippen molar-refractivity contribution in [1.82, 2.24) is 0 Å². The molecule has 5 heavy (non-hydrogen) atoms. The van der Waals surface area contributed by atoms with E-state index in [4.69, 9.17) is 10.1 Å². The molecule has 0 fully saturated rings. The van der Waals surface area contributed by atoms with E-state index < -0.39 is 0 Å². The number of halogens is 1. The van der Waals surface area contributed by atoms with Crippen molar-refractivity contribution in [3.63, 3.8) is 0 Å². The summed E-state index contributed by atoms with van der Waals surface area (Å²) in [6.07, 6.45) is 0. The molecule has 0 atom stereocenters. The van der Waals surface area contributed by atoms with Crippen LogP contribution in [0, 0.1) is 10.1 Å². The smallest absolute Gasteiger partial charge is 0.00366 e. The van der Waals surface area contributed by atoms with Crippen LogP contribution in [0.1, 0.15) is 0 Å². The van der Waals surface area contributed by atoms with Gasteiger partial charge in [0.05, 0.1) is 0 Å². The monoisotopic (exact) mass is 105 g/mol. The Labute approximate surface area is 57.4 Å². The molecule has 0 amide bonds. The van der Waals surface area contributed by atoms with Crippen molar-refractivity contribution in [3.05, 3.63) is 10.1 Å². The summed E-state index contributed by atoms with van der Waals surface area (Å²) < 4.78 is 0. The van der Waals surface area contributed by atoms with Crippen LogP contribution < -0.4 is 17.7 Å². The van der Waals surface area contributed by atoms with Crippen LogP contribution in [0.2, 0.25) is 0 Å². The fourth-order valence-electron chi connectivity index (χ4n) is 0. The van der Waals surface area contributed by atoms with Gasteiger partial charge >= 0.3 is 0 Å². The number of hydrogen-bond donors (Lipinski definition) is 1. The number of nitrogens with one attached hydrogen (secondary N) is 1. The van der Waals surface area contributed by atoms with Gasteiger partial charge in [0.2, 0.25) is 0 Å². The molecule has 5 heteroatoms. The first-order valence-corrected chi connectivity index (χ1v) is 0.408. The van der Waals surface area contributed by atoms with E-state index in [0.717, 1.165) is 0 Å². The Morgan fingerprint density at radius 1 is 1.60 bits per heavy atom.